The maximum atomic E-state index is 10.4. The van der Waals surface area contributed by atoms with Gasteiger partial charge in [-0.15, -0.1) is 0 Å². The van der Waals surface area contributed by atoms with Gasteiger partial charge in [0.1, 0.15) is 11.9 Å². The lowest BCUT2D eigenvalue weighted by Crippen LogP contribution is -2.27. The highest BCUT2D eigenvalue weighted by Crippen LogP contribution is 2.25. The van der Waals surface area contributed by atoms with E-state index in [1.54, 1.807) is 6.20 Å². The normalized spacial score (nSPS) is 13.1. The first-order valence-corrected chi connectivity index (χ1v) is 6.84. The van der Waals surface area contributed by atoms with Crippen LogP contribution in [0, 0.1) is 6.92 Å². The van der Waals surface area contributed by atoms with Gasteiger partial charge in [0.25, 0.3) is 0 Å². The molecule has 1 aromatic carbocycles. The lowest BCUT2D eigenvalue weighted by molar-refractivity contribution is 0.220. The second-order valence-electron chi connectivity index (χ2n) is 6.12. The van der Waals surface area contributed by atoms with Crippen molar-refractivity contribution in [3.63, 3.8) is 0 Å². The minimum atomic E-state index is -0.633. The first-order chi connectivity index (χ1) is 9.37. The zero-order valence-corrected chi connectivity index (χ0v) is 12.5. The maximum absolute atomic E-state index is 10.4. The number of aliphatic hydroxyl groups is 1. The largest absolute Gasteiger partial charge is 0.384 e. The zero-order chi connectivity index (χ0) is 14.8. The number of benzene rings is 1. The van der Waals surface area contributed by atoms with Crippen LogP contribution in [0.1, 0.15) is 43.6 Å². The van der Waals surface area contributed by atoms with Gasteiger partial charge in [0, 0.05) is 17.3 Å². The molecule has 0 fully saturated rings. The van der Waals surface area contributed by atoms with Crippen LogP contribution in [0.2, 0.25) is 0 Å². The van der Waals surface area contributed by atoms with Gasteiger partial charge < -0.3 is 10.4 Å². The molecule has 3 heteroatoms. The van der Waals surface area contributed by atoms with Crippen molar-refractivity contribution in [2.75, 3.05) is 5.32 Å². The van der Waals surface area contributed by atoms with Gasteiger partial charge in [-0.1, -0.05) is 30.3 Å². The Balaban J connectivity index is 2.25. The standard InChI is InChI=1S/C17H22N2O/c1-12-10-14(11-18-16(12)19-17(2,3)4)15(20)13-8-6-5-7-9-13/h5-11,15,20H,1-4H3,(H,18,19)/t15-/m0/s1. The van der Waals surface area contributed by atoms with Crippen LogP contribution in [-0.2, 0) is 0 Å². The average Bonchev–Trinajstić information content (AvgIpc) is 2.40. The Bertz CT molecular complexity index is 573. The topological polar surface area (TPSA) is 45.2 Å². The average molecular weight is 270 g/mol. The highest BCUT2D eigenvalue weighted by molar-refractivity contribution is 5.47. The molecule has 1 atom stereocenters. The molecule has 106 valence electrons. The maximum Gasteiger partial charge on any atom is 0.129 e. The summed E-state index contributed by atoms with van der Waals surface area (Å²) in [6.07, 6.45) is 1.10. The molecule has 0 spiro atoms. The van der Waals surface area contributed by atoms with Gasteiger partial charge in [0.15, 0.2) is 0 Å². The van der Waals surface area contributed by atoms with Crippen LogP contribution in [0.3, 0.4) is 0 Å². The molecule has 0 amide bonds. The van der Waals surface area contributed by atoms with Crippen LogP contribution in [0.5, 0.6) is 0 Å². The van der Waals surface area contributed by atoms with Gasteiger partial charge in [0.2, 0.25) is 0 Å². The number of aryl methyl sites for hydroxylation is 1. The quantitative estimate of drug-likeness (QED) is 0.894. The summed E-state index contributed by atoms with van der Waals surface area (Å²) in [7, 11) is 0. The van der Waals surface area contributed by atoms with Gasteiger partial charge in [-0.3, -0.25) is 0 Å². The second kappa shape index (κ2) is 5.63. The van der Waals surface area contributed by atoms with E-state index in [2.05, 4.69) is 31.1 Å². The molecule has 1 heterocycles. The van der Waals surface area contributed by atoms with Crippen molar-refractivity contribution in [3.05, 3.63) is 59.3 Å². The number of anilines is 1. The Morgan fingerprint density at radius 3 is 2.30 bits per heavy atom. The smallest absolute Gasteiger partial charge is 0.129 e. The molecular weight excluding hydrogens is 248 g/mol. The zero-order valence-electron chi connectivity index (χ0n) is 12.5. The summed E-state index contributed by atoms with van der Waals surface area (Å²) in [5.74, 6) is 0.863. The van der Waals surface area contributed by atoms with Crippen molar-refractivity contribution in [3.8, 4) is 0 Å². The van der Waals surface area contributed by atoms with Crippen LogP contribution >= 0.6 is 0 Å². The van der Waals surface area contributed by atoms with E-state index in [9.17, 15) is 5.11 Å². The predicted octanol–water partition coefficient (Wildman–Crippen LogP) is 3.68. The number of aliphatic hydroxyl groups excluding tert-OH is 1. The number of hydrogen-bond donors (Lipinski definition) is 2. The SMILES string of the molecule is Cc1cc([C@@H](O)c2ccccc2)cnc1NC(C)(C)C. The van der Waals surface area contributed by atoms with E-state index in [1.165, 1.54) is 0 Å². The fourth-order valence-corrected chi connectivity index (χ4v) is 2.06. The first-order valence-electron chi connectivity index (χ1n) is 6.84. The van der Waals surface area contributed by atoms with Crippen molar-refractivity contribution >= 4 is 5.82 Å². The minimum absolute atomic E-state index is 0.0304. The van der Waals surface area contributed by atoms with Gasteiger partial charge in [-0.05, 0) is 44.9 Å². The summed E-state index contributed by atoms with van der Waals surface area (Å²) < 4.78 is 0. The minimum Gasteiger partial charge on any atom is -0.384 e. The summed E-state index contributed by atoms with van der Waals surface area (Å²) in [6, 6.07) is 11.6. The lowest BCUT2D eigenvalue weighted by Gasteiger charge is -2.23. The molecule has 0 bridgehead atoms. The van der Waals surface area contributed by atoms with Crippen molar-refractivity contribution in [1.82, 2.24) is 4.98 Å². The monoisotopic (exact) mass is 270 g/mol. The molecule has 0 saturated carbocycles. The van der Waals surface area contributed by atoms with Gasteiger partial charge in [-0.25, -0.2) is 4.98 Å². The number of pyridine rings is 1. The van der Waals surface area contributed by atoms with E-state index in [0.29, 0.717) is 0 Å². The molecular formula is C17H22N2O. The second-order valence-corrected chi connectivity index (χ2v) is 6.12. The summed E-state index contributed by atoms with van der Waals surface area (Å²) in [6.45, 7) is 8.30. The van der Waals surface area contributed by atoms with Crippen LogP contribution in [-0.4, -0.2) is 15.6 Å². The number of nitrogens with zero attached hydrogens (tertiary/aromatic N) is 1. The Morgan fingerprint density at radius 1 is 1.10 bits per heavy atom. The van der Waals surface area contributed by atoms with Crippen LogP contribution in [0.25, 0.3) is 0 Å². The van der Waals surface area contributed by atoms with Crippen molar-refractivity contribution in [2.45, 2.75) is 39.3 Å². The van der Waals surface area contributed by atoms with Crippen LogP contribution in [0.15, 0.2) is 42.6 Å². The number of nitrogens with one attached hydrogen (secondary N) is 1. The molecule has 0 aliphatic rings. The molecule has 2 rings (SSSR count). The van der Waals surface area contributed by atoms with Crippen LogP contribution < -0.4 is 5.32 Å². The van der Waals surface area contributed by atoms with E-state index in [0.717, 1.165) is 22.5 Å². The third-order valence-corrected chi connectivity index (χ3v) is 3.02. The van der Waals surface area contributed by atoms with Crippen molar-refractivity contribution in [2.24, 2.45) is 0 Å². The molecule has 2 N–H and O–H groups in total. The summed E-state index contributed by atoms with van der Waals surface area (Å²) >= 11 is 0. The van der Waals surface area contributed by atoms with E-state index < -0.39 is 6.10 Å². The molecule has 1 aromatic heterocycles. The summed E-state index contributed by atoms with van der Waals surface area (Å²) in [5, 5.41) is 13.7. The number of hydrogen-bond acceptors (Lipinski definition) is 3. The number of aromatic nitrogens is 1. The third kappa shape index (κ3) is 3.58. The van der Waals surface area contributed by atoms with Crippen LogP contribution in [0.4, 0.5) is 5.82 Å². The van der Waals surface area contributed by atoms with E-state index in [1.807, 2.05) is 43.3 Å². The fraction of sp³-hybridized carbons (Fsp3) is 0.353. The lowest BCUT2D eigenvalue weighted by atomic mass is 10.0. The predicted molar refractivity (Wildman–Crippen MR) is 82.9 cm³/mol. The Kier molecular flexibility index (Phi) is 4.09. The van der Waals surface area contributed by atoms with Gasteiger partial charge in [0.05, 0.1) is 0 Å². The van der Waals surface area contributed by atoms with Gasteiger partial charge in [-0.2, -0.15) is 0 Å². The molecule has 2 aromatic rings. The Morgan fingerprint density at radius 2 is 1.75 bits per heavy atom. The molecule has 0 aliphatic carbocycles. The number of rotatable bonds is 3. The van der Waals surface area contributed by atoms with E-state index in [-0.39, 0.29) is 5.54 Å². The molecule has 0 radical (unpaired) electrons. The Hall–Kier alpha value is -1.87. The third-order valence-electron chi connectivity index (χ3n) is 3.02. The van der Waals surface area contributed by atoms with Gasteiger partial charge >= 0.3 is 0 Å². The summed E-state index contributed by atoms with van der Waals surface area (Å²) in [4.78, 5) is 4.44. The van der Waals surface area contributed by atoms with Crippen molar-refractivity contribution < 1.29 is 5.11 Å². The Labute approximate surface area is 120 Å². The first kappa shape index (κ1) is 14.5. The fourth-order valence-electron chi connectivity index (χ4n) is 2.06. The molecule has 3 nitrogen and oxygen atoms in total. The van der Waals surface area contributed by atoms with E-state index >= 15 is 0 Å². The highest BCUT2D eigenvalue weighted by atomic mass is 16.3. The molecule has 0 saturated heterocycles. The summed E-state index contributed by atoms with van der Waals surface area (Å²) in [5.41, 5.74) is 2.70. The molecule has 0 unspecified atom stereocenters. The van der Waals surface area contributed by atoms with Crippen molar-refractivity contribution in [1.29, 1.82) is 0 Å². The molecule has 20 heavy (non-hydrogen) atoms. The molecule has 0 aliphatic heterocycles. The van der Waals surface area contributed by atoms with E-state index in [4.69, 9.17) is 0 Å². The highest BCUT2D eigenvalue weighted by Gasteiger charge is 2.15.